The molecule has 2 bridgehead atoms. The smallest absolute Gasteiger partial charge is 0.414 e. The van der Waals surface area contributed by atoms with Crippen LogP contribution in [0.4, 0.5) is 0 Å². The molecule has 8 heteroatoms. The topological polar surface area (TPSA) is 116 Å². The first kappa shape index (κ1) is 24.0. The van der Waals surface area contributed by atoms with Gasteiger partial charge >= 0.3 is 11.9 Å². The van der Waals surface area contributed by atoms with Crippen molar-refractivity contribution in [1.82, 2.24) is 10.2 Å². The van der Waals surface area contributed by atoms with Crippen molar-refractivity contribution in [2.24, 2.45) is 0 Å². The van der Waals surface area contributed by atoms with Gasteiger partial charge in [-0.1, -0.05) is 31.7 Å². The van der Waals surface area contributed by atoms with Gasteiger partial charge in [0.05, 0.1) is 7.11 Å². The van der Waals surface area contributed by atoms with Crippen LogP contribution in [0.3, 0.4) is 0 Å². The van der Waals surface area contributed by atoms with Gasteiger partial charge in [0, 0.05) is 29.7 Å². The molecule has 0 radical (unpaired) electrons. The molecule has 1 aromatic carbocycles. The number of methoxy groups -OCH3 is 1. The molecule has 3 fully saturated rings. The van der Waals surface area contributed by atoms with Crippen molar-refractivity contribution in [3.8, 4) is 5.75 Å². The number of fused-ring (bicyclic) bond motifs is 2. The maximum atomic E-state index is 12.7. The summed E-state index contributed by atoms with van der Waals surface area (Å²) in [6.07, 6.45) is 13.2. The Bertz CT molecular complexity index is 781. The van der Waals surface area contributed by atoms with E-state index in [-0.39, 0.29) is 5.91 Å². The van der Waals surface area contributed by atoms with Crippen LogP contribution in [0.25, 0.3) is 0 Å². The molecule has 1 aromatic rings. The summed E-state index contributed by atoms with van der Waals surface area (Å²) in [5.41, 5.74) is 0.698. The Morgan fingerprint density at radius 2 is 1.50 bits per heavy atom. The number of ether oxygens (including phenoxy) is 1. The molecule has 2 aliphatic heterocycles. The summed E-state index contributed by atoms with van der Waals surface area (Å²) in [6, 6.07) is 9.90. The maximum Gasteiger partial charge on any atom is 0.414 e. The lowest BCUT2D eigenvalue weighted by molar-refractivity contribution is -0.159. The summed E-state index contributed by atoms with van der Waals surface area (Å²) in [5, 5.41) is 18.1. The van der Waals surface area contributed by atoms with Crippen LogP contribution >= 0.6 is 0 Å². The Kier molecular flexibility index (Phi) is 8.50. The number of nitrogens with zero attached hydrogens (tertiary/aromatic N) is 1. The number of hydrogen-bond acceptors (Lipinski definition) is 5. The molecule has 2 unspecified atom stereocenters. The van der Waals surface area contributed by atoms with Crippen LogP contribution in [0.15, 0.2) is 24.3 Å². The molecule has 32 heavy (non-hydrogen) atoms. The summed E-state index contributed by atoms with van der Waals surface area (Å²) in [5.74, 6) is -2.87. The lowest BCUT2D eigenvalue weighted by Gasteiger charge is -2.53. The minimum absolute atomic E-state index is 0.0399. The van der Waals surface area contributed by atoms with Crippen molar-refractivity contribution < 1.29 is 29.3 Å². The molecule has 1 aliphatic carbocycles. The number of hydrogen-bond donors (Lipinski definition) is 3. The number of aliphatic carboxylic acids is 2. The standard InChI is InChI=1S/C22H32N2O2.C2H2O4/c1-26-21-12-5-7-16(13-21)22(25)23-17-14-19-10-6-11-20(15-17)24(19)18-8-3-2-4-9-18;3-1(4)2(5)6/h5,7,12-13,17-20H,2-4,6,8-11,14-15H2,1H3,(H,23,25);(H,3,4)(H,5,6). The highest BCUT2D eigenvalue weighted by molar-refractivity contribution is 6.27. The van der Waals surface area contributed by atoms with Gasteiger partial charge in [0.25, 0.3) is 5.91 Å². The Hall–Kier alpha value is -2.61. The van der Waals surface area contributed by atoms with E-state index >= 15 is 0 Å². The minimum Gasteiger partial charge on any atom is -0.497 e. The average Bonchev–Trinajstić information content (AvgIpc) is 2.79. The molecule has 2 saturated heterocycles. The van der Waals surface area contributed by atoms with E-state index in [4.69, 9.17) is 24.5 Å². The van der Waals surface area contributed by atoms with Gasteiger partial charge in [-0.3, -0.25) is 9.69 Å². The first-order chi connectivity index (χ1) is 15.4. The molecule has 1 amide bonds. The van der Waals surface area contributed by atoms with Gasteiger partial charge in [-0.25, -0.2) is 9.59 Å². The highest BCUT2D eigenvalue weighted by Crippen LogP contribution is 2.39. The third-order valence-electron chi connectivity index (χ3n) is 6.88. The lowest BCUT2D eigenvalue weighted by Crippen LogP contribution is -2.60. The second-order valence-corrected chi connectivity index (χ2v) is 8.96. The quantitative estimate of drug-likeness (QED) is 0.608. The first-order valence-electron chi connectivity index (χ1n) is 11.6. The van der Waals surface area contributed by atoms with Crippen molar-refractivity contribution in [1.29, 1.82) is 0 Å². The van der Waals surface area contributed by atoms with Crippen LogP contribution < -0.4 is 10.1 Å². The van der Waals surface area contributed by atoms with Gasteiger partial charge in [0.2, 0.25) is 0 Å². The minimum atomic E-state index is -1.82. The zero-order chi connectivity index (χ0) is 23.1. The number of carboxylic acids is 2. The van der Waals surface area contributed by atoms with Crippen LogP contribution in [0.2, 0.25) is 0 Å². The van der Waals surface area contributed by atoms with Gasteiger partial charge in [-0.15, -0.1) is 0 Å². The molecular weight excluding hydrogens is 412 g/mol. The number of rotatable bonds is 4. The van der Waals surface area contributed by atoms with Gasteiger partial charge in [-0.05, 0) is 56.7 Å². The van der Waals surface area contributed by atoms with Crippen LogP contribution in [0, 0.1) is 0 Å². The Morgan fingerprint density at radius 3 is 2.06 bits per heavy atom. The van der Waals surface area contributed by atoms with Crippen LogP contribution in [0.1, 0.15) is 74.6 Å². The van der Waals surface area contributed by atoms with Crippen LogP contribution in [-0.4, -0.2) is 64.2 Å². The second kappa shape index (κ2) is 11.3. The Morgan fingerprint density at radius 1 is 0.906 bits per heavy atom. The number of carbonyl (C=O) groups is 3. The van der Waals surface area contributed by atoms with Gasteiger partial charge in [0.15, 0.2) is 0 Å². The molecule has 0 spiro atoms. The number of carboxylic acid groups (broad SMARTS) is 2. The third-order valence-corrected chi connectivity index (χ3v) is 6.88. The number of nitrogens with one attached hydrogen (secondary N) is 1. The van der Waals surface area contributed by atoms with Crippen LogP contribution in [-0.2, 0) is 9.59 Å². The van der Waals surface area contributed by atoms with Crippen molar-refractivity contribution >= 4 is 17.8 Å². The molecule has 3 aliphatic rings. The molecule has 176 valence electrons. The van der Waals surface area contributed by atoms with E-state index in [9.17, 15) is 4.79 Å². The fourth-order valence-electron chi connectivity index (χ4n) is 5.54. The predicted octanol–water partition coefficient (Wildman–Crippen LogP) is 3.30. The van der Waals surface area contributed by atoms with E-state index < -0.39 is 11.9 Å². The first-order valence-corrected chi connectivity index (χ1v) is 11.6. The fourth-order valence-corrected chi connectivity index (χ4v) is 5.54. The zero-order valence-electron chi connectivity index (χ0n) is 18.7. The second-order valence-electron chi connectivity index (χ2n) is 8.96. The number of amides is 1. The normalized spacial score (nSPS) is 25.7. The molecule has 2 atom stereocenters. The average molecular weight is 447 g/mol. The van der Waals surface area contributed by atoms with Crippen molar-refractivity contribution in [3.05, 3.63) is 29.8 Å². The third kappa shape index (κ3) is 6.22. The SMILES string of the molecule is COc1cccc(C(=O)NC2CC3CCCC(C2)N3C2CCCCC2)c1.O=C(O)C(=O)O. The Labute approximate surface area is 188 Å². The summed E-state index contributed by atoms with van der Waals surface area (Å²) >= 11 is 0. The molecule has 8 nitrogen and oxygen atoms in total. The summed E-state index contributed by atoms with van der Waals surface area (Å²) in [4.78, 5) is 33.8. The van der Waals surface area contributed by atoms with E-state index in [1.54, 1.807) is 7.11 Å². The Balaban J connectivity index is 0.000000427. The van der Waals surface area contributed by atoms with E-state index in [1.165, 1.54) is 51.4 Å². The monoisotopic (exact) mass is 446 g/mol. The van der Waals surface area contributed by atoms with Crippen molar-refractivity contribution in [2.75, 3.05) is 7.11 Å². The fraction of sp³-hybridized carbons (Fsp3) is 0.625. The van der Waals surface area contributed by atoms with Crippen LogP contribution in [0.5, 0.6) is 5.75 Å². The predicted molar refractivity (Wildman–Crippen MR) is 119 cm³/mol. The summed E-state index contributed by atoms with van der Waals surface area (Å²) in [7, 11) is 1.64. The van der Waals surface area contributed by atoms with Crippen molar-refractivity contribution in [3.63, 3.8) is 0 Å². The summed E-state index contributed by atoms with van der Waals surface area (Å²) < 4.78 is 5.25. The van der Waals surface area contributed by atoms with Gasteiger partial charge in [-0.2, -0.15) is 0 Å². The molecule has 1 saturated carbocycles. The summed E-state index contributed by atoms with van der Waals surface area (Å²) in [6.45, 7) is 0. The van der Waals surface area contributed by atoms with E-state index in [0.29, 0.717) is 23.7 Å². The van der Waals surface area contributed by atoms with Gasteiger partial charge in [0.1, 0.15) is 5.75 Å². The van der Waals surface area contributed by atoms with Crippen molar-refractivity contribution in [2.45, 2.75) is 88.4 Å². The number of carbonyl (C=O) groups excluding carboxylic acids is 1. The molecule has 4 rings (SSSR count). The zero-order valence-corrected chi connectivity index (χ0v) is 18.7. The lowest BCUT2D eigenvalue weighted by atomic mass is 9.78. The van der Waals surface area contributed by atoms with Gasteiger partial charge < -0.3 is 20.3 Å². The molecule has 2 heterocycles. The highest BCUT2D eigenvalue weighted by Gasteiger charge is 2.42. The molecular formula is C24H34N2O6. The molecule has 3 N–H and O–H groups in total. The number of piperidine rings is 2. The highest BCUT2D eigenvalue weighted by atomic mass is 16.5. The maximum absolute atomic E-state index is 12.7. The van der Waals surface area contributed by atoms with E-state index in [2.05, 4.69) is 10.2 Å². The molecule has 0 aromatic heterocycles. The van der Waals surface area contributed by atoms with E-state index in [0.717, 1.165) is 24.6 Å². The van der Waals surface area contributed by atoms with E-state index in [1.807, 2.05) is 24.3 Å². The number of benzene rings is 1. The largest absolute Gasteiger partial charge is 0.497 e.